The summed E-state index contributed by atoms with van der Waals surface area (Å²) >= 11 is 0. The maximum Gasteiger partial charge on any atom is 0.233 e. The lowest BCUT2D eigenvalue weighted by atomic mass is 9.94. The minimum atomic E-state index is -1.06. The number of carbonyl (C=O) groups is 2. The summed E-state index contributed by atoms with van der Waals surface area (Å²) in [6.45, 7) is 5.17. The topological polar surface area (TPSA) is 122 Å². The second-order valence-corrected chi connectivity index (χ2v) is 11.9. The first kappa shape index (κ1) is 27.7. The van der Waals surface area contributed by atoms with Crippen LogP contribution in [0.1, 0.15) is 38.5 Å². The number of nitrogens with one attached hydrogen (secondary N) is 3. The van der Waals surface area contributed by atoms with Gasteiger partial charge in [-0.3, -0.25) is 24.8 Å². The highest BCUT2D eigenvalue weighted by molar-refractivity contribution is 5.96. The lowest BCUT2D eigenvalue weighted by Crippen LogP contribution is -2.58. The Kier molecular flexibility index (Phi) is 8.18. The minimum Gasteiger partial charge on any atom is -0.367 e. The third kappa shape index (κ3) is 5.54. The number of halogens is 2. The Morgan fingerprint density at radius 1 is 1.02 bits per heavy atom. The Morgan fingerprint density at radius 3 is 2.58 bits per heavy atom. The molecule has 0 radical (unpaired) electrons. The largest absolute Gasteiger partial charge is 0.367 e. The number of anilines is 2. The van der Waals surface area contributed by atoms with E-state index < -0.39 is 36.1 Å². The molecule has 5 saturated heterocycles. The fraction of sp³-hybridized carbons (Fsp3) is 0.741. The highest BCUT2D eigenvalue weighted by Gasteiger charge is 2.47. The van der Waals surface area contributed by atoms with Gasteiger partial charge in [-0.05, 0) is 45.2 Å². The predicted molar refractivity (Wildman–Crippen MR) is 146 cm³/mol. The van der Waals surface area contributed by atoms with Crippen LogP contribution in [0, 0.1) is 17.7 Å². The molecule has 220 valence electrons. The molecule has 5 fully saturated rings. The zero-order valence-corrected chi connectivity index (χ0v) is 22.9. The zero-order valence-electron chi connectivity index (χ0n) is 22.9. The van der Waals surface area contributed by atoms with Crippen molar-refractivity contribution < 1.29 is 18.4 Å². The molecule has 5 unspecified atom stereocenters. The second-order valence-electron chi connectivity index (χ2n) is 11.9. The van der Waals surface area contributed by atoms with Gasteiger partial charge in [-0.1, -0.05) is 6.42 Å². The number of carbonyl (C=O) groups excluding carboxylic acids is 2. The monoisotopic (exact) mass is 561 g/mol. The minimum absolute atomic E-state index is 0.0791. The van der Waals surface area contributed by atoms with Crippen LogP contribution in [0.3, 0.4) is 0 Å². The fourth-order valence-electron chi connectivity index (χ4n) is 7.17. The molecule has 0 aromatic carbocycles. The van der Waals surface area contributed by atoms with Gasteiger partial charge in [0.2, 0.25) is 11.8 Å². The number of amides is 2. The number of alkyl halides is 1. The molecule has 0 aliphatic carbocycles. The Bertz CT molecular complexity index is 1080. The van der Waals surface area contributed by atoms with Crippen LogP contribution in [0.25, 0.3) is 0 Å². The molecule has 1 aromatic rings. The van der Waals surface area contributed by atoms with Gasteiger partial charge in [0.25, 0.3) is 0 Å². The SMILES string of the molecule is NC1NN2CC(F)CNC2C1C(=O)Nc1cncc(F)c1N1CCC(C(=O)N2CCC(N3CCCCC3)C2)CC1. The summed E-state index contributed by atoms with van der Waals surface area (Å²) < 4.78 is 29.0. The number of hydrogen-bond acceptors (Lipinski definition) is 9. The highest BCUT2D eigenvalue weighted by atomic mass is 19.1. The maximum absolute atomic E-state index is 15.1. The number of nitrogens with zero attached hydrogens (tertiary/aromatic N) is 5. The quantitative estimate of drug-likeness (QED) is 0.406. The van der Waals surface area contributed by atoms with Crippen molar-refractivity contribution in [1.82, 2.24) is 30.5 Å². The van der Waals surface area contributed by atoms with Crippen LogP contribution in [-0.2, 0) is 9.59 Å². The molecule has 11 nitrogen and oxygen atoms in total. The fourth-order valence-corrected chi connectivity index (χ4v) is 7.17. The number of pyridine rings is 1. The average molecular weight is 562 g/mol. The lowest BCUT2D eigenvalue weighted by Gasteiger charge is -2.36. The van der Waals surface area contributed by atoms with Gasteiger partial charge in [-0.2, -0.15) is 0 Å². The van der Waals surface area contributed by atoms with Crippen LogP contribution >= 0.6 is 0 Å². The molecule has 2 amide bonds. The summed E-state index contributed by atoms with van der Waals surface area (Å²) in [5, 5.41) is 7.49. The number of hydrazine groups is 1. The van der Waals surface area contributed by atoms with Gasteiger partial charge in [0, 0.05) is 51.2 Å². The summed E-state index contributed by atoms with van der Waals surface area (Å²) in [6.07, 6.45) is 6.43. The number of hydrogen-bond donors (Lipinski definition) is 4. The molecule has 0 spiro atoms. The van der Waals surface area contributed by atoms with Gasteiger partial charge in [0.1, 0.15) is 11.9 Å². The number of piperidine rings is 2. The molecule has 0 saturated carbocycles. The molecule has 0 bridgehead atoms. The first-order valence-corrected chi connectivity index (χ1v) is 14.8. The standard InChI is InChI=1S/C27H41F2N9O2/c28-18-12-32-25-22(24(30)34-38(25)15-18)26(39)33-21-14-31-13-20(29)23(21)36-9-4-17(5-10-36)27(40)37-11-6-19(16-37)35-7-2-1-3-8-35/h13-14,17-19,22,24-25,32,34H,1-12,15-16,30H2,(H,33,39). The van der Waals surface area contributed by atoms with Crippen LogP contribution in [0.5, 0.6) is 0 Å². The number of fused-ring (bicyclic) bond motifs is 1. The van der Waals surface area contributed by atoms with Gasteiger partial charge >= 0.3 is 0 Å². The summed E-state index contributed by atoms with van der Waals surface area (Å²) in [7, 11) is 0. The number of rotatable bonds is 5. The van der Waals surface area contributed by atoms with E-state index in [2.05, 4.69) is 25.9 Å². The van der Waals surface area contributed by atoms with Crippen LogP contribution in [-0.4, -0.2) is 109 Å². The van der Waals surface area contributed by atoms with Crippen molar-refractivity contribution in [1.29, 1.82) is 0 Å². The number of aromatic nitrogens is 1. The maximum atomic E-state index is 15.1. The van der Waals surface area contributed by atoms with Gasteiger partial charge in [0.15, 0.2) is 5.82 Å². The molecule has 1 aromatic heterocycles. The third-order valence-corrected chi connectivity index (χ3v) is 9.30. The Labute approximate surface area is 233 Å². The Balaban J connectivity index is 1.07. The van der Waals surface area contributed by atoms with Crippen molar-refractivity contribution in [2.75, 3.05) is 62.6 Å². The van der Waals surface area contributed by atoms with Crippen molar-refractivity contribution >= 4 is 23.2 Å². The predicted octanol–water partition coefficient (Wildman–Crippen LogP) is 0.451. The van der Waals surface area contributed by atoms with E-state index in [-0.39, 0.29) is 36.3 Å². The van der Waals surface area contributed by atoms with E-state index >= 15 is 4.39 Å². The highest BCUT2D eigenvalue weighted by Crippen LogP contribution is 2.34. The van der Waals surface area contributed by atoms with E-state index in [1.54, 1.807) is 5.01 Å². The van der Waals surface area contributed by atoms with Crippen molar-refractivity contribution in [3.05, 3.63) is 18.2 Å². The van der Waals surface area contributed by atoms with E-state index in [0.29, 0.717) is 32.0 Å². The summed E-state index contributed by atoms with van der Waals surface area (Å²) in [5.41, 5.74) is 9.68. The van der Waals surface area contributed by atoms with Gasteiger partial charge in [0.05, 0.1) is 36.3 Å². The molecule has 13 heteroatoms. The molecule has 40 heavy (non-hydrogen) atoms. The first-order chi connectivity index (χ1) is 19.4. The van der Waals surface area contributed by atoms with Crippen LogP contribution in [0.15, 0.2) is 12.4 Å². The first-order valence-electron chi connectivity index (χ1n) is 14.8. The van der Waals surface area contributed by atoms with E-state index in [4.69, 9.17) is 5.73 Å². The van der Waals surface area contributed by atoms with Gasteiger partial charge in [-0.25, -0.2) is 19.2 Å². The molecular weight excluding hydrogens is 520 g/mol. The summed E-state index contributed by atoms with van der Waals surface area (Å²) in [5.74, 6) is -1.50. The van der Waals surface area contributed by atoms with Crippen molar-refractivity contribution in [3.8, 4) is 0 Å². The second kappa shape index (κ2) is 11.8. The van der Waals surface area contributed by atoms with Crippen molar-refractivity contribution in [2.24, 2.45) is 17.6 Å². The van der Waals surface area contributed by atoms with E-state index in [1.165, 1.54) is 25.5 Å². The van der Waals surface area contributed by atoms with Gasteiger partial charge in [-0.15, -0.1) is 0 Å². The third-order valence-electron chi connectivity index (χ3n) is 9.30. The molecule has 5 aliphatic rings. The zero-order chi connectivity index (χ0) is 27.8. The van der Waals surface area contributed by atoms with Crippen molar-refractivity contribution in [2.45, 2.75) is 63.1 Å². The summed E-state index contributed by atoms with van der Waals surface area (Å²) in [6, 6.07) is 0.471. The van der Waals surface area contributed by atoms with Crippen molar-refractivity contribution in [3.63, 3.8) is 0 Å². The van der Waals surface area contributed by atoms with Crippen LogP contribution < -0.4 is 26.7 Å². The molecule has 5 aliphatic heterocycles. The molecular formula is C27H41F2N9O2. The van der Waals surface area contributed by atoms with Gasteiger partial charge < -0.3 is 20.9 Å². The lowest BCUT2D eigenvalue weighted by molar-refractivity contribution is -0.135. The Morgan fingerprint density at radius 2 is 1.80 bits per heavy atom. The van der Waals surface area contributed by atoms with E-state index in [0.717, 1.165) is 38.8 Å². The molecule has 6 heterocycles. The Hall–Kier alpha value is -2.45. The summed E-state index contributed by atoms with van der Waals surface area (Å²) in [4.78, 5) is 37.1. The average Bonchev–Trinajstić information content (AvgIpc) is 3.57. The van der Waals surface area contributed by atoms with Crippen LogP contribution in [0.4, 0.5) is 20.2 Å². The smallest absolute Gasteiger partial charge is 0.233 e. The van der Waals surface area contributed by atoms with Crippen LogP contribution in [0.2, 0.25) is 0 Å². The number of likely N-dealkylation sites (tertiary alicyclic amines) is 2. The van der Waals surface area contributed by atoms with E-state index in [9.17, 15) is 14.0 Å². The number of nitrogens with two attached hydrogens (primary N) is 1. The molecule has 5 atom stereocenters. The molecule has 6 rings (SSSR count). The van der Waals surface area contributed by atoms with E-state index in [1.807, 2.05) is 9.80 Å². The normalized spacial score (nSPS) is 32.3. The molecule has 5 N–H and O–H groups in total.